The summed E-state index contributed by atoms with van der Waals surface area (Å²) in [6.45, 7) is 2.79. The summed E-state index contributed by atoms with van der Waals surface area (Å²) < 4.78 is 24.8. The van der Waals surface area contributed by atoms with Gasteiger partial charge in [0.25, 0.3) is 0 Å². The highest BCUT2D eigenvalue weighted by atomic mass is 19.1. The first-order valence-corrected chi connectivity index (χ1v) is 9.85. The van der Waals surface area contributed by atoms with Crippen LogP contribution in [0.5, 0.6) is 5.75 Å². The molecule has 154 valence electrons. The standard InChI is InChI=1S/C24H23FN2O3/c1-29-20-6-4-5-18(17-20)26-13-15-27(16-14-26)24(28)12-10-19-9-11-23(30-19)21-7-2-3-8-22(21)25/h2-12,17H,13-16H2,1H3/b12-10+. The molecule has 0 bridgehead atoms. The third-order valence-electron chi connectivity index (χ3n) is 5.17. The fourth-order valence-electron chi connectivity index (χ4n) is 3.50. The van der Waals surface area contributed by atoms with Gasteiger partial charge in [0.1, 0.15) is 23.1 Å². The largest absolute Gasteiger partial charge is 0.497 e. The molecular weight excluding hydrogens is 383 g/mol. The highest BCUT2D eigenvalue weighted by molar-refractivity contribution is 5.91. The molecule has 1 saturated heterocycles. The molecule has 3 aromatic rings. The molecule has 0 saturated carbocycles. The third-order valence-corrected chi connectivity index (χ3v) is 5.17. The molecule has 0 atom stereocenters. The van der Waals surface area contributed by atoms with Crippen LogP contribution in [0.3, 0.4) is 0 Å². The van der Waals surface area contributed by atoms with Gasteiger partial charge in [0.2, 0.25) is 5.91 Å². The number of piperazine rings is 1. The average molecular weight is 406 g/mol. The summed E-state index contributed by atoms with van der Waals surface area (Å²) in [5.74, 6) is 1.36. The van der Waals surface area contributed by atoms with Gasteiger partial charge in [0.05, 0.1) is 12.7 Å². The quantitative estimate of drug-likeness (QED) is 0.587. The van der Waals surface area contributed by atoms with E-state index in [0.717, 1.165) is 24.5 Å². The number of hydrogen-bond acceptors (Lipinski definition) is 4. The SMILES string of the molecule is COc1cccc(N2CCN(C(=O)/C=C/c3ccc(-c4ccccc4F)o3)CC2)c1. The van der Waals surface area contributed by atoms with Gasteiger partial charge in [-0.2, -0.15) is 0 Å². The van der Waals surface area contributed by atoms with Crippen molar-refractivity contribution in [3.8, 4) is 17.1 Å². The van der Waals surface area contributed by atoms with Gasteiger partial charge in [-0.1, -0.05) is 18.2 Å². The van der Waals surface area contributed by atoms with E-state index in [9.17, 15) is 9.18 Å². The maximum absolute atomic E-state index is 13.9. The number of benzene rings is 2. The van der Waals surface area contributed by atoms with Gasteiger partial charge < -0.3 is 19.0 Å². The average Bonchev–Trinajstić information content (AvgIpc) is 3.27. The van der Waals surface area contributed by atoms with Crippen molar-refractivity contribution in [1.29, 1.82) is 0 Å². The zero-order valence-electron chi connectivity index (χ0n) is 16.8. The molecular formula is C24H23FN2O3. The second-order valence-corrected chi connectivity index (χ2v) is 7.03. The van der Waals surface area contributed by atoms with Gasteiger partial charge in [-0.15, -0.1) is 0 Å². The van der Waals surface area contributed by atoms with Crippen molar-refractivity contribution in [1.82, 2.24) is 4.90 Å². The van der Waals surface area contributed by atoms with Crippen LogP contribution < -0.4 is 9.64 Å². The van der Waals surface area contributed by atoms with Crippen molar-refractivity contribution in [2.24, 2.45) is 0 Å². The molecule has 0 spiro atoms. The van der Waals surface area contributed by atoms with Crippen LogP contribution in [0, 0.1) is 5.82 Å². The van der Waals surface area contributed by atoms with E-state index in [1.54, 1.807) is 43.5 Å². The summed E-state index contributed by atoms with van der Waals surface area (Å²) in [6, 6.07) is 17.8. The van der Waals surface area contributed by atoms with Crippen molar-refractivity contribution >= 4 is 17.7 Å². The zero-order chi connectivity index (χ0) is 20.9. The van der Waals surface area contributed by atoms with Crippen LogP contribution >= 0.6 is 0 Å². The van der Waals surface area contributed by atoms with Gasteiger partial charge in [0.15, 0.2) is 0 Å². The molecule has 0 radical (unpaired) electrons. The van der Waals surface area contributed by atoms with E-state index in [1.807, 2.05) is 29.2 Å². The number of amides is 1. The van der Waals surface area contributed by atoms with Gasteiger partial charge in [-0.25, -0.2) is 4.39 Å². The van der Waals surface area contributed by atoms with Gasteiger partial charge in [-0.3, -0.25) is 4.79 Å². The monoisotopic (exact) mass is 406 g/mol. The van der Waals surface area contributed by atoms with Crippen LogP contribution in [0.1, 0.15) is 5.76 Å². The van der Waals surface area contributed by atoms with Crippen LogP contribution in [0.25, 0.3) is 17.4 Å². The van der Waals surface area contributed by atoms with Crippen molar-refractivity contribution < 1.29 is 18.3 Å². The minimum absolute atomic E-state index is 0.0656. The minimum atomic E-state index is -0.340. The van der Waals surface area contributed by atoms with Crippen LogP contribution in [0.15, 0.2) is 71.2 Å². The maximum atomic E-state index is 13.9. The summed E-state index contributed by atoms with van der Waals surface area (Å²) >= 11 is 0. The molecule has 1 amide bonds. The summed E-state index contributed by atoms with van der Waals surface area (Å²) in [5, 5.41) is 0. The number of anilines is 1. The van der Waals surface area contributed by atoms with E-state index in [1.165, 1.54) is 12.1 Å². The molecule has 30 heavy (non-hydrogen) atoms. The number of methoxy groups -OCH3 is 1. The van der Waals surface area contributed by atoms with Gasteiger partial charge in [0, 0.05) is 44.0 Å². The molecule has 2 aromatic carbocycles. The number of carbonyl (C=O) groups excluding carboxylic acids is 1. The Kier molecular flexibility index (Phi) is 5.84. The molecule has 0 unspecified atom stereocenters. The summed E-state index contributed by atoms with van der Waals surface area (Å²) in [5.41, 5.74) is 1.49. The lowest BCUT2D eigenvalue weighted by atomic mass is 10.1. The minimum Gasteiger partial charge on any atom is -0.497 e. The van der Waals surface area contributed by atoms with E-state index in [0.29, 0.717) is 30.2 Å². The number of rotatable bonds is 5. The molecule has 0 N–H and O–H groups in total. The number of nitrogens with zero attached hydrogens (tertiary/aromatic N) is 2. The van der Waals surface area contributed by atoms with E-state index in [4.69, 9.17) is 9.15 Å². The van der Waals surface area contributed by atoms with E-state index in [2.05, 4.69) is 4.90 Å². The van der Waals surface area contributed by atoms with Crippen LogP contribution in [-0.2, 0) is 4.79 Å². The normalized spacial score (nSPS) is 14.3. The van der Waals surface area contributed by atoms with Crippen molar-refractivity contribution in [2.75, 3.05) is 38.2 Å². The molecule has 1 fully saturated rings. The fourth-order valence-corrected chi connectivity index (χ4v) is 3.50. The third kappa shape index (κ3) is 4.38. The Balaban J connectivity index is 1.35. The smallest absolute Gasteiger partial charge is 0.246 e. The fraction of sp³-hybridized carbons (Fsp3) is 0.208. The highest BCUT2D eigenvalue weighted by Gasteiger charge is 2.20. The maximum Gasteiger partial charge on any atom is 0.246 e. The van der Waals surface area contributed by atoms with E-state index in [-0.39, 0.29) is 11.7 Å². The number of hydrogen-bond donors (Lipinski definition) is 0. The predicted octanol–water partition coefficient (Wildman–Crippen LogP) is 4.46. The van der Waals surface area contributed by atoms with Crippen LogP contribution in [-0.4, -0.2) is 44.1 Å². The van der Waals surface area contributed by atoms with Crippen LogP contribution in [0.2, 0.25) is 0 Å². The van der Waals surface area contributed by atoms with E-state index >= 15 is 0 Å². The van der Waals surface area contributed by atoms with Crippen molar-refractivity contribution in [3.05, 3.63) is 78.3 Å². The first kappa shape index (κ1) is 19.8. The van der Waals surface area contributed by atoms with E-state index < -0.39 is 0 Å². The van der Waals surface area contributed by atoms with Gasteiger partial charge in [-0.05, 0) is 42.5 Å². The summed E-state index contributed by atoms with van der Waals surface area (Å²) in [6.07, 6.45) is 3.13. The molecule has 1 aliphatic rings. The zero-order valence-corrected chi connectivity index (χ0v) is 16.8. The summed E-state index contributed by atoms with van der Waals surface area (Å²) in [4.78, 5) is 16.6. The Morgan fingerprint density at radius 2 is 1.83 bits per heavy atom. The van der Waals surface area contributed by atoms with Crippen molar-refractivity contribution in [2.45, 2.75) is 0 Å². The highest BCUT2D eigenvalue weighted by Crippen LogP contribution is 2.25. The Bertz CT molecular complexity index is 1050. The Hall–Kier alpha value is -3.54. The number of halogens is 1. The lowest BCUT2D eigenvalue weighted by molar-refractivity contribution is -0.126. The number of furan rings is 1. The summed E-state index contributed by atoms with van der Waals surface area (Å²) in [7, 11) is 1.65. The van der Waals surface area contributed by atoms with Crippen LogP contribution in [0.4, 0.5) is 10.1 Å². The van der Waals surface area contributed by atoms with Crippen molar-refractivity contribution in [3.63, 3.8) is 0 Å². The molecule has 2 heterocycles. The molecule has 4 rings (SSSR count). The Morgan fingerprint density at radius 3 is 2.60 bits per heavy atom. The lowest BCUT2D eigenvalue weighted by Gasteiger charge is -2.35. The molecule has 1 aromatic heterocycles. The predicted molar refractivity (Wildman–Crippen MR) is 115 cm³/mol. The molecule has 0 aliphatic carbocycles. The first-order valence-electron chi connectivity index (χ1n) is 9.85. The molecule has 5 nitrogen and oxygen atoms in total. The second kappa shape index (κ2) is 8.86. The molecule has 1 aliphatic heterocycles. The Morgan fingerprint density at radius 1 is 1.03 bits per heavy atom. The topological polar surface area (TPSA) is 45.9 Å². The number of carbonyl (C=O) groups is 1. The second-order valence-electron chi connectivity index (χ2n) is 7.03. The van der Waals surface area contributed by atoms with Gasteiger partial charge >= 0.3 is 0 Å². The lowest BCUT2D eigenvalue weighted by Crippen LogP contribution is -2.48. The number of ether oxygens (including phenoxy) is 1. The first-order chi connectivity index (χ1) is 14.6. The Labute approximate surface area is 175 Å². The molecule has 6 heteroatoms.